The van der Waals surface area contributed by atoms with Gasteiger partial charge >= 0.3 is 5.97 Å². The van der Waals surface area contributed by atoms with Crippen molar-refractivity contribution >= 4 is 16.9 Å². The molecule has 35 heavy (non-hydrogen) atoms. The van der Waals surface area contributed by atoms with E-state index in [4.69, 9.17) is 15.6 Å². The van der Waals surface area contributed by atoms with Crippen LogP contribution in [0.2, 0.25) is 0 Å². The molecule has 4 rings (SSSR count). The third-order valence-corrected chi connectivity index (χ3v) is 5.84. The van der Waals surface area contributed by atoms with Crippen LogP contribution >= 0.6 is 0 Å². The molecule has 0 fully saturated rings. The Morgan fingerprint density at radius 1 is 1.09 bits per heavy atom. The van der Waals surface area contributed by atoms with Crippen LogP contribution in [0.1, 0.15) is 23.7 Å². The van der Waals surface area contributed by atoms with Crippen molar-refractivity contribution in [2.75, 3.05) is 27.2 Å². The second-order valence-electron chi connectivity index (χ2n) is 8.77. The summed E-state index contributed by atoms with van der Waals surface area (Å²) in [5.41, 5.74) is 8.98. The molecule has 0 bridgehead atoms. The predicted octanol–water partition coefficient (Wildman–Crippen LogP) is 4.05. The highest BCUT2D eigenvalue weighted by atomic mass is 16.5. The lowest BCUT2D eigenvalue weighted by Crippen LogP contribution is -2.32. The summed E-state index contributed by atoms with van der Waals surface area (Å²) in [7, 11) is 4.09. The number of aromatic amines is 1. The monoisotopic (exact) mass is 474 g/mol. The molecule has 0 radical (unpaired) electrons. The van der Waals surface area contributed by atoms with Gasteiger partial charge in [0.1, 0.15) is 11.6 Å². The van der Waals surface area contributed by atoms with Crippen LogP contribution in [-0.4, -0.2) is 59.2 Å². The Bertz CT molecular complexity index is 1150. The summed E-state index contributed by atoms with van der Waals surface area (Å²) in [6.45, 7) is 3.63. The molecule has 2 aromatic carbocycles. The van der Waals surface area contributed by atoms with Crippen molar-refractivity contribution in [2.45, 2.75) is 25.0 Å². The van der Waals surface area contributed by atoms with E-state index in [0.717, 1.165) is 34.3 Å². The van der Waals surface area contributed by atoms with Gasteiger partial charge in [0, 0.05) is 36.3 Å². The fourth-order valence-electron chi connectivity index (χ4n) is 3.76. The van der Waals surface area contributed by atoms with Gasteiger partial charge < -0.3 is 25.5 Å². The number of pyridine rings is 1. The van der Waals surface area contributed by atoms with Gasteiger partial charge in [-0.25, -0.2) is 0 Å². The van der Waals surface area contributed by atoms with Crippen LogP contribution in [0.3, 0.4) is 0 Å². The SMILES string of the molecule is CN(C)CCOC(C)(c1ccccc1)c1ccccn1.N[C@@H](Cc1c[nH]c2ccccc12)C(=O)O. The maximum atomic E-state index is 10.6. The van der Waals surface area contributed by atoms with Crippen molar-refractivity contribution in [1.29, 1.82) is 0 Å². The highest BCUT2D eigenvalue weighted by molar-refractivity contribution is 5.84. The molecule has 2 heterocycles. The van der Waals surface area contributed by atoms with Gasteiger partial charge in [-0.3, -0.25) is 9.78 Å². The van der Waals surface area contributed by atoms with E-state index in [1.54, 1.807) is 0 Å². The van der Waals surface area contributed by atoms with Gasteiger partial charge in [-0.15, -0.1) is 0 Å². The topological polar surface area (TPSA) is 104 Å². The number of hydrogen-bond acceptors (Lipinski definition) is 5. The number of nitrogens with two attached hydrogens (primary N) is 1. The quantitative estimate of drug-likeness (QED) is 0.338. The highest BCUT2D eigenvalue weighted by Crippen LogP contribution is 2.31. The summed E-state index contributed by atoms with van der Waals surface area (Å²) in [4.78, 5) is 20.3. The summed E-state index contributed by atoms with van der Waals surface area (Å²) < 4.78 is 6.21. The summed E-state index contributed by atoms with van der Waals surface area (Å²) in [6, 6.07) is 23.1. The molecule has 2 aromatic heterocycles. The number of fused-ring (bicyclic) bond motifs is 1. The van der Waals surface area contributed by atoms with Crippen molar-refractivity contribution < 1.29 is 14.6 Å². The van der Waals surface area contributed by atoms with E-state index in [9.17, 15) is 4.79 Å². The lowest BCUT2D eigenvalue weighted by molar-refractivity contribution is -0.138. The number of ether oxygens (including phenoxy) is 1. The molecule has 0 amide bonds. The lowest BCUT2D eigenvalue weighted by Gasteiger charge is -2.30. The average Bonchev–Trinajstić information content (AvgIpc) is 3.28. The number of aromatic nitrogens is 2. The Morgan fingerprint density at radius 2 is 1.77 bits per heavy atom. The summed E-state index contributed by atoms with van der Waals surface area (Å²) in [6.07, 6.45) is 3.97. The number of para-hydroxylation sites is 1. The highest BCUT2D eigenvalue weighted by Gasteiger charge is 2.31. The molecule has 0 saturated heterocycles. The first-order valence-electron chi connectivity index (χ1n) is 11.6. The second-order valence-corrected chi connectivity index (χ2v) is 8.77. The Kier molecular flexibility index (Phi) is 9.14. The molecule has 2 atom stereocenters. The van der Waals surface area contributed by atoms with Crippen LogP contribution in [0.5, 0.6) is 0 Å². The van der Waals surface area contributed by atoms with Crippen molar-refractivity contribution in [3.63, 3.8) is 0 Å². The van der Waals surface area contributed by atoms with Gasteiger partial charge in [-0.05, 0) is 50.3 Å². The van der Waals surface area contributed by atoms with Gasteiger partial charge in [0.15, 0.2) is 0 Å². The molecular weight excluding hydrogens is 440 g/mol. The number of likely N-dealkylation sites (N-methyl/N-ethyl adjacent to an activating group) is 1. The zero-order valence-corrected chi connectivity index (χ0v) is 20.5. The molecule has 0 spiro atoms. The zero-order valence-electron chi connectivity index (χ0n) is 20.5. The molecule has 4 N–H and O–H groups in total. The van der Waals surface area contributed by atoms with Gasteiger partial charge in [-0.1, -0.05) is 54.6 Å². The minimum Gasteiger partial charge on any atom is -0.480 e. The molecule has 1 unspecified atom stereocenters. The third-order valence-electron chi connectivity index (χ3n) is 5.84. The largest absolute Gasteiger partial charge is 0.480 e. The smallest absolute Gasteiger partial charge is 0.320 e. The van der Waals surface area contributed by atoms with E-state index in [1.165, 1.54) is 0 Å². The van der Waals surface area contributed by atoms with Crippen LogP contribution in [0.4, 0.5) is 0 Å². The van der Waals surface area contributed by atoms with E-state index < -0.39 is 17.6 Å². The van der Waals surface area contributed by atoms with Gasteiger partial charge in [0.2, 0.25) is 0 Å². The first kappa shape index (κ1) is 26.1. The molecule has 4 aromatic rings. The summed E-state index contributed by atoms with van der Waals surface area (Å²) in [5, 5.41) is 9.75. The van der Waals surface area contributed by atoms with E-state index >= 15 is 0 Å². The first-order valence-corrected chi connectivity index (χ1v) is 11.6. The molecule has 0 saturated carbocycles. The lowest BCUT2D eigenvalue weighted by atomic mass is 9.91. The van der Waals surface area contributed by atoms with E-state index in [0.29, 0.717) is 13.0 Å². The molecule has 184 valence electrons. The van der Waals surface area contributed by atoms with E-state index in [-0.39, 0.29) is 0 Å². The Hall–Kier alpha value is -3.52. The summed E-state index contributed by atoms with van der Waals surface area (Å²) >= 11 is 0. The standard InChI is InChI=1S/C17H22N2O.C11H12N2O2/c1-17(20-14-13-19(2)3,15-9-5-4-6-10-15)16-11-7-8-12-18-16;12-9(11(14)15)5-7-6-13-10-4-2-1-3-8(7)10/h4-12H,13-14H2,1-3H3;1-4,6,9,13H,5,12H2,(H,14,15)/t;9-/m.0/s1. The van der Waals surface area contributed by atoms with Crippen LogP contribution in [0, 0.1) is 0 Å². The Balaban J connectivity index is 0.000000203. The number of H-pyrrole nitrogens is 1. The van der Waals surface area contributed by atoms with Crippen molar-refractivity contribution in [1.82, 2.24) is 14.9 Å². The minimum absolute atomic E-state index is 0.347. The number of hydrogen-bond donors (Lipinski definition) is 3. The Labute approximate surface area is 206 Å². The number of aliphatic carboxylic acids is 1. The number of benzene rings is 2. The van der Waals surface area contributed by atoms with Crippen LogP contribution in [0.25, 0.3) is 10.9 Å². The van der Waals surface area contributed by atoms with Crippen molar-refractivity contribution in [3.8, 4) is 0 Å². The number of nitrogens with zero attached hydrogens (tertiary/aromatic N) is 2. The van der Waals surface area contributed by atoms with Crippen molar-refractivity contribution in [2.24, 2.45) is 5.73 Å². The van der Waals surface area contributed by atoms with Crippen LogP contribution in [0.15, 0.2) is 85.2 Å². The number of nitrogens with one attached hydrogen (secondary N) is 1. The van der Waals surface area contributed by atoms with E-state index in [1.807, 2.05) is 87.2 Å². The summed E-state index contributed by atoms with van der Waals surface area (Å²) in [5.74, 6) is -0.972. The van der Waals surface area contributed by atoms with Gasteiger partial charge in [0.25, 0.3) is 0 Å². The van der Waals surface area contributed by atoms with Gasteiger partial charge in [0.05, 0.1) is 12.3 Å². The molecule has 7 heteroatoms. The molecule has 0 aliphatic heterocycles. The maximum absolute atomic E-state index is 10.6. The molecule has 7 nitrogen and oxygen atoms in total. The number of carbonyl (C=O) groups is 1. The number of carboxylic acids is 1. The second kappa shape index (κ2) is 12.3. The maximum Gasteiger partial charge on any atom is 0.320 e. The fraction of sp³-hybridized carbons (Fsp3) is 0.286. The minimum atomic E-state index is -0.972. The van der Waals surface area contributed by atoms with Crippen LogP contribution < -0.4 is 5.73 Å². The number of carboxylic acid groups (broad SMARTS) is 1. The van der Waals surface area contributed by atoms with Crippen LogP contribution in [-0.2, 0) is 21.6 Å². The molecule has 0 aliphatic rings. The molecular formula is C28H34N4O3. The van der Waals surface area contributed by atoms with E-state index in [2.05, 4.69) is 33.9 Å². The first-order chi connectivity index (χ1) is 16.8. The fourth-order valence-corrected chi connectivity index (χ4v) is 3.76. The number of rotatable bonds is 9. The average molecular weight is 475 g/mol. The third kappa shape index (κ3) is 6.99. The normalized spacial score (nSPS) is 13.6. The zero-order chi connectivity index (χ0) is 25.3. The molecule has 0 aliphatic carbocycles. The Morgan fingerprint density at radius 3 is 2.43 bits per heavy atom. The van der Waals surface area contributed by atoms with Gasteiger partial charge in [-0.2, -0.15) is 0 Å². The predicted molar refractivity (Wildman–Crippen MR) is 139 cm³/mol. The van der Waals surface area contributed by atoms with Crippen molar-refractivity contribution in [3.05, 3.63) is 102 Å².